The fourth-order valence-electron chi connectivity index (χ4n) is 1.93. The predicted octanol–water partition coefficient (Wildman–Crippen LogP) is 3.68. The molecule has 0 saturated carbocycles. The Hall–Kier alpha value is -1.60. The zero-order valence-corrected chi connectivity index (χ0v) is 9.77. The number of rotatable bonds is 2. The Kier molecular flexibility index (Phi) is 3.07. The van der Waals surface area contributed by atoms with E-state index >= 15 is 0 Å². The van der Waals surface area contributed by atoms with Crippen molar-refractivity contribution < 1.29 is 0 Å². The molecule has 16 heavy (non-hydrogen) atoms. The number of hydrogen-bond acceptors (Lipinski definition) is 1. The van der Waals surface area contributed by atoms with Gasteiger partial charge in [0.2, 0.25) is 0 Å². The zero-order chi connectivity index (χ0) is 11.5. The van der Waals surface area contributed by atoms with E-state index in [1.807, 2.05) is 13.0 Å². The van der Waals surface area contributed by atoms with Crippen LogP contribution in [0.3, 0.4) is 0 Å². The first-order valence-corrected chi connectivity index (χ1v) is 5.60. The quantitative estimate of drug-likeness (QED) is 0.805. The molecule has 1 nitrogen and oxygen atoms in total. The van der Waals surface area contributed by atoms with Crippen LogP contribution in [0.25, 0.3) is 11.1 Å². The average molecular weight is 211 g/mol. The maximum absolute atomic E-state index is 6.00. The summed E-state index contributed by atoms with van der Waals surface area (Å²) in [6, 6.07) is 16.9. The maximum atomic E-state index is 6.00. The van der Waals surface area contributed by atoms with E-state index in [1.54, 1.807) is 0 Å². The van der Waals surface area contributed by atoms with Crippen molar-refractivity contribution in [3.05, 3.63) is 59.7 Å². The summed E-state index contributed by atoms with van der Waals surface area (Å²) in [5.74, 6) is 0. The molecule has 0 radical (unpaired) electrons. The highest BCUT2D eigenvalue weighted by Gasteiger charge is 2.08. The molecule has 0 spiro atoms. The fraction of sp³-hybridized carbons (Fsp3) is 0.200. The molecule has 2 rings (SSSR count). The minimum atomic E-state index is 0.0656. The van der Waals surface area contributed by atoms with Crippen molar-refractivity contribution in [1.29, 1.82) is 0 Å². The summed E-state index contributed by atoms with van der Waals surface area (Å²) in [5, 5.41) is 0. The molecule has 0 aromatic heterocycles. The molecule has 0 saturated heterocycles. The van der Waals surface area contributed by atoms with Crippen LogP contribution in [-0.2, 0) is 0 Å². The lowest BCUT2D eigenvalue weighted by atomic mass is 9.94. The SMILES string of the molecule is Cc1ccc(C(C)N)c(-c2ccccc2)c1. The third kappa shape index (κ3) is 2.15. The van der Waals surface area contributed by atoms with Gasteiger partial charge in [-0.05, 0) is 30.5 Å². The van der Waals surface area contributed by atoms with Crippen molar-refractivity contribution in [2.24, 2.45) is 5.73 Å². The molecule has 0 heterocycles. The zero-order valence-electron chi connectivity index (χ0n) is 9.77. The molecule has 0 bridgehead atoms. The molecule has 2 aromatic rings. The summed E-state index contributed by atoms with van der Waals surface area (Å²) in [6.45, 7) is 4.13. The summed E-state index contributed by atoms with van der Waals surface area (Å²) < 4.78 is 0. The van der Waals surface area contributed by atoms with Crippen molar-refractivity contribution in [3.8, 4) is 11.1 Å². The van der Waals surface area contributed by atoms with Gasteiger partial charge >= 0.3 is 0 Å². The second kappa shape index (κ2) is 4.50. The summed E-state index contributed by atoms with van der Waals surface area (Å²) in [6.07, 6.45) is 0. The van der Waals surface area contributed by atoms with Gasteiger partial charge in [-0.2, -0.15) is 0 Å². The summed E-state index contributed by atoms with van der Waals surface area (Å²) in [5.41, 5.74) is 11.0. The van der Waals surface area contributed by atoms with Crippen molar-refractivity contribution in [2.45, 2.75) is 19.9 Å². The normalized spacial score (nSPS) is 12.4. The highest BCUT2D eigenvalue weighted by atomic mass is 14.6. The Morgan fingerprint density at radius 3 is 2.31 bits per heavy atom. The van der Waals surface area contributed by atoms with E-state index < -0.39 is 0 Å². The Labute approximate surface area is 96.9 Å². The molecule has 2 N–H and O–H groups in total. The van der Waals surface area contributed by atoms with E-state index in [4.69, 9.17) is 5.73 Å². The lowest BCUT2D eigenvalue weighted by Crippen LogP contribution is -2.06. The van der Waals surface area contributed by atoms with Crippen molar-refractivity contribution in [2.75, 3.05) is 0 Å². The largest absolute Gasteiger partial charge is 0.324 e. The first kappa shape index (κ1) is 10.9. The minimum absolute atomic E-state index is 0.0656. The second-order valence-electron chi connectivity index (χ2n) is 4.25. The maximum Gasteiger partial charge on any atom is 0.0272 e. The Balaban J connectivity index is 2.58. The van der Waals surface area contributed by atoms with Gasteiger partial charge in [0.15, 0.2) is 0 Å². The van der Waals surface area contributed by atoms with Gasteiger partial charge in [0.25, 0.3) is 0 Å². The predicted molar refractivity (Wildman–Crippen MR) is 69.2 cm³/mol. The molecule has 82 valence electrons. The van der Waals surface area contributed by atoms with Gasteiger partial charge in [-0.3, -0.25) is 0 Å². The third-order valence-electron chi connectivity index (χ3n) is 2.78. The van der Waals surface area contributed by atoms with Gasteiger partial charge in [0, 0.05) is 6.04 Å². The van der Waals surface area contributed by atoms with Gasteiger partial charge in [-0.1, -0.05) is 54.1 Å². The van der Waals surface area contributed by atoms with Crippen LogP contribution in [0.2, 0.25) is 0 Å². The molecule has 0 aliphatic carbocycles. The lowest BCUT2D eigenvalue weighted by Gasteiger charge is -2.13. The van der Waals surface area contributed by atoms with E-state index in [-0.39, 0.29) is 6.04 Å². The van der Waals surface area contributed by atoms with Crippen LogP contribution in [0, 0.1) is 6.92 Å². The second-order valence-corrected chi connectivity index (χ2v) is 4.25. The molecule has 0 aliphatic rings. The van der Waals surface area contributed by atoms with Crippen LogP contribution in [0.4, 0.5) is 0 Å². The molecule has 0 fully saturated rings. The van der Waals surface area contributed by atoms with E-state index in [2.05, 4.69) is 49.4 Å². The summed E-state index contributed by atoms with van der Waals surface area (Å²) >= 11 is 0. The van der Waals surface area contributed by atoms with Crippen LogP contribution < -0.4 is 5.73 Å². The van der Waals surface area contributed by atoms with Gasteiger partial charge in [0.1, 0.15) is 0 Å². The van der Waals surface area contributed by atoms with E-state index in [0.29, 0.717) is 0 Å². The first-order chi connectivity index (χ1) is 7.68. The van der Waals surface area contributed by atoms with Crippen LogP contribution in [0.15, 0.2) is 48.5 Å². The molecule has 1 heteroatoms. The number of aryl methyl sites for hydroxylation is 1. The summed E-state index contributed by atoms with van der Waals surface area (Å²) in [4.78, 5) is 0. The molecule has 1 atom stereocenters. The van der Waals surface area contributed by atoms with Crippen LogP contribution in [0.5, 0.6) is 0 Å². The van der Waals surface area contributed by atoms with Crippen molar-refractivity contribution in [3.63, 3.8) is 0 Å². The molecular formula is C15H17N. The topological polar surface area (TPSA) is 26.0 Å². The Morgan fingerprint density at radius 2 is 1.69 bits per heavy atom. The van der Waals surface area contributed by atoms with Crippen LogP contribution >= 0.6 is 0 Å². The number of hydrogen-bond donors (Lipinski definition) is 1. The highest BCUT2D eigenvalue weighted by molar-refractivity contribution is 5.68. The van der Waals surface area contributed by atoms with Gasteiger partial charge < -0.3 is 5.73 Å². The molecule has 0 amide bonds. The third-order valence-corrected chi connectivity index (χ3v) is 2.78. The van der Waals surface area contributed by atoms with Crippen LogP contribution in [0.1, 0.15) is 24.1 Å². The summed E-state index contributed by atoms with van der Waals surface area (Å²) in [7, 11) is 0. The van der Waals surface area contributed by atoms with E-state index in [1.165, 1.54) is 22.3 Å². The molecule has 1 unspecified atom stereocenters. The monoisotopic (exact) mass is 211 g/mol. The Bertz CT molecular complexity index is 472. The Morgan fingerprint density at radius 1 is 1.00 bits per heavy atom. The van der Waals surface area contributed by atoms with Gasteiger partial charge in [0.05, 0.1) is 0 Å². The van der Waals surface area contributed by atoms with Crippen molar-refractivity contribution >= 4 is 0 Å². The van der Waals surface area contributed by atoms with Gasteiger partial charge in [-0.15, -0.1) is 0 Å². The van der Waals surface area contributed by atoms with E-state index in [9.17, 15) is 0 Å². The lowest BCUT2D eigenvalue weighted by molar-refractivity contribution is 0.820. The van der Waals surface area contributed by atoms with Gasteiger partial charge in [-0.25, -0.2) is 0 Å². The average Bonchev–Trinajstić information content (AvgIpc) is 2.29. The van der Waals surface area contributed by atoms with E-state index in [0.717, 1.165) is 0 Å². The standard InChI is InChI=1S/C15H17N/c1-11-8-9-14(12(2)16)15(10-11)13-6-4-3-5-7-13/h3-10,12H,16H2,1-2H3. The molecule has 0 aliphatic heterocycles. The minimum Gasteiger partial charge on any atom is -0.324 e. The van der Waals surface area contributed by atoms with Crippen LogP contribution in [-0.4, -0.2) is 0 Å². The number of nitrogens with two attached hydrogens (primary N) is 1. The highest BCUT2D eigenvalue weighted by Crippen LogP contribution is 2.28. The van der Waals surface area contributed by atoms with Crippen molar-refractivity contribution in [1.82, 2.24) is 0 Å². The number of benzene rings is 2. The first-order valence-electron chi connectivity index (χ1n) is 5.60. The fourth-order valence-corrected chi connectivity index (χ4v) is 1.93. The smallest absolute Gasteiger partial charge is 0.0272 e. The molecule has 2 aromatic carbocycles. The molecular weight excluding hydrogens is 194 g/mol.